The highest BCUT2D eigenvalue weighted by atomic mass is 32.2. The van der Waals surface area contributed by atoms with Crippen LogP contribution in [-0.4, -0.2) is 95.9 Å². The third-order valence-corrected chi connectivity index (χ3v) is 12.2. The third kappa shape index (κ3) is 7.57. The number of piperidine rings is 2. The molecule has 0 bridgehead atoms. The summed E-state index contributed by atoms with van der Waals surface area (Å²) in [6.45, 7) is 5.88. The van der Waals surface area contributed by atoms with Crippen molar-refractivity contribution in [2.45, 2.75) is 61.2 Å². The fourth-order valence-corrected chi connectivity index (χ4v) is 9.44. The van der Waals surface area contributed by atoms with E-state index >= 15 is 0 Å². The van der Waals surface area contributed by atoms with Gasteiger partial charge in [0.15, 0.2) is 0 Å². The second kappa shape index (κ2) is 14.4. The Balaban J connectivity index is 1.48. The molecule has 0 spiro atoms. The van der Waals surface area contributed by atoms with Gasteiger partial charge in [0.05, 0.1) is 11.4 Å². The molecular formula is C30H45N5O5S2. The van der Waals surface area contributed by atoms with Crippen LogP contribution in [0.5, 0.6) is 5.75 Å². The van der Waals surface area contributed by atoms with E-state index in [0.29, 0.717) is 57.3 Å². The third-order valence-electron chi connectivity index (χ3n) is 8.32. The summed E-state index contributed by atoms with van der Waals surface area (Å²) in [4.78, 5) is 2.40. The van der Waals surface area contributed by atoms with Crippen LogP contribution in [0.2, 0.25) is 0 Å². The molecule has 0 amide bonds. The van der Waals surface area contributed by atoms with E-state index < -0.39 is 20.0 Å². The highest BCUT2D eigenvalue weighted by Crippen LogP contribution is 2.36. The minimum atomic E-state index is -3.93. The van der Waals surface area contributed by atoms with Crippen molar-refractivity contribution in [3.8, 4) is 5.75 Å². The van der Waals surface area contributed by atoms with Crippen molar-refractivity contribution in [2.24, 2.45) is 0 Å². The molecule has 2 aromatic carbocycles. The average molecular weight is 620 g/mol. The molecule has 3 fully saturated rings. The number of nitrogens with zero attached hydrogens (tertiary/aromatic N) is 3. The van der Waals surface area contributed by atoms with Gasteiger partial charge < -0.3 is 20.3 Å². The van der Waals surface area contributed by atoms with Gasteiger partial charge in [0, 0.05) is 45.8 Å². The van der Waals surface area contributed by atoms with E-state index in [2.05, 4.69) is 15.5 Å². The Morgan fingerprint density at radius 1 is 0.619 bits per heavy atom. The average Bonchev–Trinajstić information content (AvgIpc) is 3.54. The number of likely N-dealkylation sites (tertiary alicyclic amines) is 1. The van der Waals surface area contributed by atoms with Gasteiger partial charge in [-0.05, 0) is 75.9 Å². The first kappa shape index (κ1) is 31.1. The minimum absolute atomic E-state index is 0.00443. The largest absolute Gasteiger partial charge is 0.492 e. The Hall–Kier alpha value is -2.38. The van der Waals surface area contributed by atoms with Crippen LogP contribution >= 0.6 is 0 Å². The first-order valence-corrected chi connectivity index (χ1v) is 18.3. The summed E-state index contributed by atoms with van der Waals surface area (Å²) in [5.41, 5.74) is 0.822. The Morgan fingerprint density at radius 2 is 1.12 bits per heavy atom. The zero-order chi connectivity index (χ0) is 29.4. The number of sulfonamides is 2. The van der Waals surface area contributed by atoms with E-state index in [1.54, 1.807) is 6.07 Å². The van der Waals surface area contributed by atoms with Crippen LogP contribution in [0.15, 0.2) is 52.3 Å². The highest BCUT2D eigenvalue weighted by molar-refractivity contribution is 7.90. The summed E-state index contributed by atoms with van der Waals surface area (Å²) in [6.07, 6.45) is 7.53. The molecule has 0 saturated carbocycles. The lowest BCUT2D eigenvalue weighted by molar-refractivity contribution is 0.332. The van der Waals surface area contributed by atoms with E-state index in [4.69, 9.17) is 4.74 Å². The van der Waals surface area contributed by atoms with Crippen molar-refractivity contribution in [3.63, 3.8) is 0 Å². The number of benzene rings is 2. The molecule has 3 aliphatic rings. The lowest BCUT2D eigenvalue weighted by Gasteiger charge is -2.30. The quantitative estimate of drug-likeness (QED) is 0.324. The second-order valence-corrected chi connectivity index (χ2v) is 15.2. The molecule has 232 valence electrons. The molecule has 3 aliphatic heterocycles. The lowest BCUT2D eigenvalue weighted by Crippen LogP contribution is -2.37. The topological polar surface area (TPSA) is 111 Å². The molecule has 0 aromatic heterocycles. The van der Waals surface area contributed by atoms with Gasteiger partial charge in [-0.25, -0.2) is 16.8 Å². The van der Waals surface area contributed by atoms with E-state index in [9.17, 15) is 16.8 Å². The van der Waals surface area contributed by atoms with Gasteiger partial charge in [0.2, 0.25) is 20.0 Å². The molecule has 5 rings (SSSR count). The monoisotopic (exact) mass is 619 g/mol. The molecule has 2 N–H and O–H groups in total. The Labute approximate surface area is 251 Å². The summed E-state index contributed by atoms with van der Waals surface area (Å²) in [7, 11) is -7.85. The number of anilines is 2. The highest BCUT2D eigenvalue weighted by Gasteiger charge is 2.34. The van der Waals surface area contributed by atoms with Gasteiger partial charge >= 0.3 is 0 Å². The minimum Gasteiger partial charge on any atom is -0.492 e. The second-order valence-electron chi connectivity index (χ2n) is 11.3. The van der Waals surface area contributed by atoms with Gasteiger partial charge in [0.1, 0.15) is 22.1 Å². The van der Waals surface area contributed by atoms with Gasteiger partial charge in [-0.3, -0.25) is 0 Å². The van der Waals surface area contributed by atoms with Crippen LogP contribution in [0.3, 0.4) is 0 Å². The predicted molar refractivity (Wildman–Crippen MR) is 166 cm³/mol. The van der Waals surface area contributed by atoms with Gasteiger partial charge in [-0.15, -0.1) is 0 Å². The number of hydrogen-bond donors (Lipinski definition) is 2. The number of para-hydroxylation sites is 1. The Morgan fingerprint density at radius 3 is 1.67 bits per heavy atom. The number of ether oxygens (including phenoxy) is 1. The SMILES string of the molecule is O=S(=O)(c1cc(S(=O)(=O)N2CCCCC2)c(NCCN2CCCC2)cc1NCCOc1ccccc1)N1CCCCC1. The van der Waals surface area contributed by atoms with Crippen LogP contribution in [0.1, 0.15) is 51.4 Å². The summed E-state index contributed by atoms with van der Waals surface area (Å²) in [5.74, 6) is 0.729. The molecule has 0 radical (unpaired) electrons. The maximum absolute atomic E-state index is 14.0. The standard InChI is InChI=1S/C30H45N5O5S2/c36-41(37,34-18-6-2-7-19-34)29-25-30(42(38,39)35-20-8-3-9-21-35)28(32-15-23-40-26-12-4-1-5-13-26)24-27(29)31-14-22-33-16-10-11-17-33/h1,4-5,12-13,24-25,31-32H,2-3,6-11,14-23H2. The molecule has 0 unspecified atom stereocenters. The molecule has 2 aromatic rings. The Kier molecular flexibility index (Phi) is 10.6. The zero-order valence-electron chi connectivity index (χ0n) is 24.5. The smallest absolute Gasteiger partial charge is 0.245 e. The molecule has 3 heterocycles. The van der Waals surface area contributed by atoms with Crippen molar-refractivity contribution in [2.75, 3.05) is 76.1 Å². The first-order valence-electron chi connectivity index (χ1n) is 15.4. The van der Waals surface area contributed by atoms with Gasteiger partial charge in [-0.1, -0.05) is 31.0 Å². The zero-order valence-corrected chi connectivity index (χ0v) is 26.1. The normalized spacial score (nSPS) is 19.5. The van der Waals surface area contributed by atoms with E-state index in [-0.39, 0.29) is 9.79 Å². The van der Waals surface area contributed by atoms with Crippen molar-refractivity contribution in [3.05, 3.63) is 42.5 Å². The van der Waals surface area contributed by atoms with Gasteiger partial charge in [-0.2, -0.15) is 8.61 Å². The van der Waals surface area contributed by atoms with Crippen LogP contribution in [0.25, 0.3) is 0 Å². The van der Waals surface area contributed by atoms with Crippen molar-refractivity contribution >= 4 is 31.4 Å². The van der Waals surface area contributed by atoms with Crippen molar-refractivity contribution in [1.82, 2.24) is 13.5 Å². The van der Waals surface area contributed by atoms with Crippen LogP contribution in [0.4, 0.5) is 11.4 Å². The number of nitrogens with one attached hydrogen (secondary N) is 2. The summed E-state index contributed by atoms with van der Waals surface area (Å²) >= 11 is 0. The number of hydrogen-bond acceptors (Lipinski definition) is 8. The maximum Gasteiger partial charge on any atom is 0.245 e. The van der Waals surface area contributed by atoms with Crippen molar-refractivity contribution in [1.29, 1.82) is 0 Å². The molecule has 0 atom stereocenters. The van der Waals surface area contributed by atoms with Crippen LogP contribution in [-0.2, 0) is 20.0 Å². The fraction of sp³-hybridized carbons (Fsp3) is 0.600. The summed E-state index contributed by atoms with van der Waals surface area (Å²) in [6, 6.07) is 12.5. The van der Waals surface area contributed by atoms with Crippen LogP contribution < -0.4 is 15.4 Å². The van der Waals surface area contributed by atoms with E-state index in [1.807, 2.05) is 30.3 Å². The Bertz CT molecular complexity index is 1370. The summed E-state index contributed by atoms with van der Waals surface area (Å²) < 4.78 is 65.0. The molecule has 3 saturated heterocycles. The molecule has 42 heavy (non-hydrogen) atoms. The van der Waals surface area contributed by atoms with E-state index in [0.717, 1.165) is 63.9 Å². The summed E-state index contributed by atoms with van der Waals surface area (Å²) in [5, 5.41) is 6.64. The van der Waals surface area contributed by atoms with Crippen molar-refractivity contribution < 1.29 is 21.6 Å². The van der Waals surface area contributed by atoms with Gasteiger partial charge in [0.25, 0.3) is 0 Å². The maximum atomic E-state index is 14.0. The molecule has 10 nitrogen and oxygen atoms in total. The predicted octanol–water partition coefficient (Wildman–Crippen LogP) is 4.03. The lowest BCUT2D eigenvalue weighted by atomic mass is 10.2. The first-order chi connectivity index (χ1) is 20.4. The van der Waals surface area contributed by atoms with Crippen LogP contribution in [0, 0.1) is 0 Å². The fourth-order valence-electron chi connectivity index (χ4n) is 5.98. The molecule has 12 heteroatoms. The molecular weight excluding hydrogens is 574 g/mol. The molecule has 0 aliphatic carbocycles. The number of rotatable bonds is 13. The van der Waals surface area contributed by atoms with E-state index in [1.165, 1.54) is 27.5 Å².